The van der Waals surface area contributed by atoms with E-state index in [1.54, 1.807) is 12.1 Å². The monoisotopic (exact) mass is 330 g/mol. The highest BCUT2D eigenvalue weighted by Gasteiger charge is 2.12. The number of phenols is 2. The number of ether oxygens (including phenoxy) is 3. The lowest BCUT2D eigenvalue weighted by atomic mass is 10.1. The van der Waals surface area contributed by atoms with Gasteiger partial charge < -0.3 is 24.4 Å². The third kappa shape index (κ3) is 3.60. The molecule has 0 unspecified atom stereocenters. The first kappa shape index (κ1) is 17.2. The lowest BCUT2D eigenvalue weighted by Crippen LogP contribution is -1.96. The molecule has 0 radical (unpaired) electrons. The number of hydrogen-bond donors (Lipinski definition) is 2. The maximum atomic E-state index is 12.2. The number of carbonyl (C=O) groups excluding carboxylic acids is 1. The molecule has 0 fully saturated rings. The number of aromatic hydroxyl groups is 2. The van der Waals surface area contributed by atoms with E-state index in [0.29, 0.717) is 22.8 Å². The van der Waals surface area contributed by atoms with Gasteiger partial charge in [0, 0.05) is 11.6 Å². The molecular formula is C18H18O6. The third-order valence-electron chi connectivity index (χ3n) is 3.40. The number of carbonyl (C=O) groups is 1. The molecule has 126 valence electrons. The van der Waals surface area contributed by atoms with Crippen molar-refractivity contribution < 1.29 is 29.2 Å². The summed E-state index contributed by atoms with van der Waals surface area (Å²) in [4.78, 5) is 12.2. The molecule has 0 aliphatic carbocycles. The van der Waals surface area contributed by atoms with Crippen molar-refractivity contribution in [3.05, 3.63) is 47.5 Å². The van der Waals surface area contributed by atoms with Crippen LogP contribution in [0.15, 0.2) is 36.4 Å². The van der Waals surface area contributed by atoms with Gasteiger partial charge in [0.25, 0.3) is 0 Å². The number of methoxy groups -OCH3 is 3. The van der Waals surface area contributed by atoms with Crippen molar-refractivity contribution >= 4 is 11.9 Å². The maximum absolute atomic E-state index is 12.2. The second-order valence-electron chi connectivity index (χ2n) is 4.85. The number of phenolic OH excluding ortho intramolecular Hbond substituents is 2. The molecule has 2 N–H and O–H groups in total. The minimum absolute atomic E-state index is 0.00527. The van der Waals surface area contributed by atoms with E-state index in [1.165, 1.54) is 51.7 Å². The van der Waals surface area contributed by atoms with Gasteiger partial charge in [0.15, 0.2) is 17.3 Å². The molecule has 0 atom stereocenters. The Kier molecular flexibility index (Phi) is 5.31. The average Bonchev–Trinajstić information content (AvgIpc) is 2.60. The first-order chi connectivity index (χ1) is 11.5. The Morgan fingerprint density at radius 1 is 0.917 bits per heavy atom. The summed E-state index contributed by atoms with van der Waals surface area (Å²) in [7, 11) is 4.52. The number of hydrogen-bond acceptors (Lipinski definition) is 6. The fourth-order valence-electron chi connectivity index (χ4n) is 2.16. The summed E-state index contributed by atoms with van der Waals surface area (Å²) in [6, 6.07) is 7.08. The highest BCUT2D eigenvalue weighted by Crippen LogP contribution is 2.35. The summed E-state index contributed by atoms with van der Waals surface area (Å²) in [6.45, 7) is 0. The van der Waals surface area contributed by atoms with Gasteiger partial charge >= 0.3 is 0 Å². The van der Waals surface area contributed by atoms with Gasteiger partial charge in [-0.25, -0.2) is 0 Å². The fraction of sp³-hybridized carbons (Fsp3) is 0.167. The summed E-state index contributed by atoms with van der Waals surface area (Å²) < 4.78 is 15.7. The SMILES string of the molecule is COc1cc(OC)c(OC)cc1/C=C/C(=O)c1cc(O)ccc1O. The molecular weight excluding hydrogens is 312 g/mol. The Bertz CT molecular complexity index is 779. The van der Waals surface area contributed by atoms with Crippen molar-refractivity contribution in [2.45, 2.75) is 0 Å². The molecule has 2 aromatic rings. The Morgan fingerprint density at radius 2 is 1.54 bits per heavy atom. The highest BCUT2D eigenvalue weighted by atomic mass is 16.5. The van der Waals surface area contributed by atoms with E-state index in [2.05, 4.69) is 0 Å². The molecule has 0 aliphatic heterocycles. The second kappa shape index (κ2) is 7.41. The first-order valence-corrected chi connectivity index (χ1v) is 7.04. The summed E-state index contributed by atoms with van der Waals surface area (Å²) in [5, 5.41) is 19.2. The average molecular weight is 330 g/mol. The van der Waals surface area contributed by atoms with Crippen LogP contribution >= 0.6 is 0 Å². The van der Waals surface area contributed by atoms with Crippen LogP contribution in [0.4, 0.5) is 0 Å². The van der Waals surface area contributed by atoms with Crippen LogP contribution in [0.25, 0.3) is 6.08 Å². The second-order valence-corrected chi connectivity index (χ2v) is 4.85. The Morgan fingerprint density at radius 3 is 2.17 bits per heavy atom. The van der Waals surface area contributed by atoms with Gasteiger partial charge in [0.05, 0.1) is 26.9 Å². The van der Waals surface area contributed by atoms with E-state index < -0.39 is 5.78 Å². The smallest absolute Gasteiger partial charge is 0.189 e. The lowest BCUT2D eigenvalue weighted by Gasteiger charge is -2.12. The predicted octanol–water partition coefficient (Wildman–Crippen LogP) is 3.02. The summed E-state index contributed by atoms with van der Waals surface area (Å²) in [5.74, 6) is 0.723. The summed E-state index contributed by atoms with van der Waals surface area (Å²) in [5.41, 5.74) is 0.605. The fourth-order valence-corrected chi connectivity index (χ4v) is 2.16. The largest absolute Gasteiger partial charge is 0.508 e. The Balaban J connectivity index is 2.37. The standard InChI is InChI=1S/C18H18O6/c1-22-16-10-18(24-3)17(23-2)8-11(16)4-6-14(20)13-9-12(19)5-7-15(13)21/h4-10,19,21H,1-3H3/b6-4+. The van der Waals surface area contributed by atoms with Crippen molar-refractivity contribution in [3.8, 4) is 28.7 Å². The van der Waals surface area contributed by atoms with Crippen LogP contribution in [-0.2, 0) is 0 Å². The van der Waals surface area contributed by atoms with Crippen molar-refractivity contribution in [3.63, 3.8) is 0 Å². The summed E-state index contributed by atoms with van der Waals surface area (Å²) >= 11 is 0. The van der Waals surface area contributed by atoms with Gasteiger partial charge in [-0.2, -0.15) is 0 Å². The van der Waals surface area contributed by atoms with E-state index in [-0.39, 0.29) is 17.1 Å². The Labute approximate surface area is 139 Å². The Hall–Kier alpha value is -3.15. The maximum Gasteiger partial charge on any atom is 0.189 e. The molecule has 2 aromatic carbocycles. The van der Waals surface area contributed by atoms with Gasteiger partial charge in [0.2, 0.25) is 0 Å². The quantitative estimate of drug-likeness (QED) is 0.481. The molecule has 6 nitrogen and oxygen atoms in total. The van der Waals surface area contributed by atoms with Crippen molar-refractivity contribution in [2.24, 2.45) is 0 Å². The van der Waals surface area contributed by atoms with Crippen LogP contribution in [-0.4, -0.2) is 37.3 Å². The van der Waals surface area contributed by atoms with E-state index in [4.69, 9.17) is 14.2 Å². The molecule has 0 saturated carbocycles. The van der Waals surface area contributed by atoms with E-state index in [9.17, 15) is 15.0 Å². The van der Waals surface area contributed by atoms with E-state index in [0.717, 1.165) is 0 Å². The van der Waals surface area contributed by atoms with Gasteiger partial charge in [0.1, 0.15) is 17.2 Å². The van der Waals surface area contributed by atoms with Crippen LogP contribution in [0.1, 0.15) is 15.9 Å². The summed E-state index contributed by atoms with van der Waals surface area (Å²) in [6.07, 6.45) is 2.81. The van der Waals surface area contributed by atoms with Crippen molar-refractivity contribution in [1.29, 1.82) is 0 Å². The molecule has 0 aliphatic rings. The first-order valence-electron chi connectivity index (χ1n) is 7.04. The van der Waals surface area contributed by atoms with Crippen LogP contribution < -0.4 is 14.2 Å². The highest BCUT2D eigenvalue weighted by molar-refractivity contribution is 6.09. The molecule has 0 bridgehead atoms. The van der Waals surface area contributed by atoms with Crippen LogP contribution in [0.3, 0.4) is 0 Å². The van der Waals surface area contributed by atoms with Gasteiger partial charge in [-0.3, -0.25) is 4.79 Å². The lowest BCUT2D eigenvalue weighted by molar-refractivity contribution is 0.104. The van der Waals surface area contributed by atoms with Crippen LogP contribution in [0, 0.1) is 0 Å². The van der Waals surface area contributed by atoms with Gasteiger partial charge in [-0.05, 0) is 36.4 Å². The number of benzene rings is 2. The molecule has 2 rings (SSSR count). The zero-order chi connectivity index (χ0) is 17.7. The number of allylic oxidation sites excluding steroid dienone is 1. The van der Waals surface area contributed by atoms with E-state index in [1.807, 2.05) is 0 Å². The molecule has 0 aromatic heterocycles. The predicted molar refractivity (Wildman–Crippen MR) is 89.2 cm³/mol. The zero-order valence-corrected chi connectivity index (χ0v) is 13.6. The minimum Gasteiger partial charge on any atom is -0.508 e. The van der Waals surface area contributed by atoms with E-state index >= 15 is 0 Å². The molecule has 0 amide bonds. The molecule has 0 saturated heterocycles. The molecule has 0 spiro atoms. The molecule has 24 heavy (non-hydrogen) atoms. The normalized spacial score (nSPS) is 10.6. The van der Waals surface area contributed by atoms with Crippen LogP contribution in [0.2, 0.25) is 0 Å². The van der Waals surface area contributed by atoms with Gasteiger partial charge in [-0.1, -0.05) is 0 Å². The van der Waals surface area contributed by atoms with Crippen molar-refractivity contribution in [1.82, 2.24) is 0 Å². The van der Waals surface area contributed by atoms with Crippen molar-refractivity contribution in [2.75, 3.05) is 21.3 Å². The topological polar surface area (TPSA) is 85.2 Å². The molecule has 6 heteroatoms. The number of rotatable bonds is 6. The van der Waals surface area contributed by atoms with Crippen LogP contribution in [0.5, 0.6) is 28.7 Å². The molecule has 0 heterocycles. The number of ketones is 1. The minimum atomic E-state index is -0.458. The third-order valence-corrected chi connectivity index (χ3v) is 3.40. The zero-order valence-electron chi connectivity index (χ0n) is 13.6. The van der Waals surface area contributed by atoms with Gasteiger partial charge in [-0.15, -0.1) is 0 Å².